The van der Waals surface area contributed by atoms with Crippen molar-refractivity contribution in [3.05, 3.63) is 35.4 Å². The van der Waals surface area contributed by atoms with Gasteiger partial charge in [0.2, 0.25) is 5.78 Å². The van der Waals surface area contributed by atoms with Crippen LogP contribution in [-0.4, -0.2) is 27.1 Å². The minimum atomic E-state index is -1.70. The van der Waals surface area contributed by atoms with E-state index in [1.54, 1.807) is 12.1 Å². The van der Waals surface area contributed by atoms with Gasteiger partial charge in [-0.15, -0.1) is 0 Å². The van der Waals surface area contributed by atoms with E-state index < -0.39 is 22.0 Å². The zero-order chi connectivity index (χ0) is 12.3. The summed E-state index contributed by atoms with van der Waals surface area (Å²) < 4.78 is 0. The van der Waals surface area contributed by atoms with Gasteiger partial charge in [-0.3, -0.25) is 9.59 Å². The third kappa shape index (κ3) is 2.95. The van der Waals surface area contributed by atoms with Crippen molar-refractivity contribution in [2.75, 3.05) is 0 Å². The molecule has 0 aliphatic rings. The van der Waals surface area contributed by atoms with E-state index in [1.165, 1.54) is 12.1 Å². The molecule has 1 aromatic carbocycles. The molecule has 0 aromatic heterocycles. The lowest BCUT2D eigenvalue weighted by molar-refractivity contribution is 0.0853. The molecule has 1 unspecified atom stereocenters. The van der Waals surface area contributed by atoms with Crippen LogP contribution in [0.1, 0.15) is 20.7 Å². The van der Waals surface area contributed by atoms with E-state index in [-0.39, 0.29) is 11.1 Å². The zero-order valence-electron chi connectivity index (χ0n) is 7.86. The number of benzene rings is 1. The van der Waals surface area contributed by atoms with Crippen molar-refractivity contribution in [2.24, 2.45) is 0 Å². The molecule has 6 heteroatoms. The fraction of sp³-hybridized carbons (Fsp3) is 0.200. The highest BCUT2D eigenvalue weighted by Crippen LogP contribution is 2.18. The molecule has 16 heavy (non-hydrogen) atoms. The fourth-order valence-corrected chi connectivity index (χ4v) is 1.51. The molecule has 1 aromatic rings. The molecule has 1 rings (SSSR count). The van der Waals surface area contributed by atoms with Crippen LogP contribution in [0.4, 0.5) is 0 Å². The van der Waals surface area contributed by atoms with Crippen LogP contribution in [0.3, 0.4) is 0 Å². The topological polar surface area (TPSA) is 54.4 Å². The maximum atomic E-state index is 11.6. The fourth-order valence-electron chi connectivity index (χ4n) is 1.16. The van der Waals surface area contributed by atoms with Gasteiger partial charge in [-0.05, 0) is 0 Å². The van der Waals surface area contributed by atoms with Crippen LogP contribution >= 0.6 is 34.8 Å². The van der Waals surface area contributed by atoms with Crippen molar-refractivity contribution < 1.29 is 14.7 Å². The predicted octanol–water partition coefficient (Wildman–Crippen LogP) is 2.41. The lowest BCUT2D eigenvalue weighted by Crippen LogP contribution is -2.19. The minimum Gasteiger partial charge on any atom is -0.371 e. The van der Waals surface area contributed by atoms with Crippen LogP contribution in [0.5, 0.6) is 0 Å². The lowest BCUT2D eigenvalue weighted by Gasteiger charge is -2.08. The number of ketones is 2. The molecule has 0 saturated carbocycles. The Morgan fingerprint density at radius 1 is 1.00 bits per heavy atom. The first-order valence-electron chi connectivity index (χ1n) is 4.23. The van der Waals surface area contributed by atoms with Gasteiger partial charge in [0.05, 0.1) is 0 Å². The van der Waals surface area contributed by atoms with Gasteiger partial charge in [0.15, 0.2) is 16.2 Å². The quantitative estimate of drug-likeness (QED) is 0.681. The average molecular weight is 282 g/mol. The van der Waals surface area contributed by atoms with Crippen LogP contribution in [0.15, 0.2) is 24.3 Å². The van der Waals surface area contributed by atoms with Crippen LogP contribution in [0.2, 0.25) is 0 Å². The van der Waals surface area contributed by atoms with E-state index in [1.807, 2.05) is 0 Å². The molecule has 0 fully saturated rings. The van der Waals surface area contributed by atoms with Gasteiger partial charge in [-0.1, -0.05) is 59.1 Å². The first-order valence-corrected chi connectivity index (χ1v) is 5.54. The number of carbonyl (C=O) groups is 2. The van der Waals surface area contributed by atoms with Gasteiger partial charge < -0.3 is 5.11 Å². The van der Waals surface area contributed by atoms with E-state index in [0.717, 1.165) is 0 Å². The Morgan fingerprint density at radius 2 is 1.44 bits per heavy atom. The number of aliphatic hydroxyl groups excluding tert-OH is 1. The summed E-state index contributed by atoms with van der Waals surface area (Å²) in [5.41, 5.74) is -1.65. The minimum absolute atomic E-state index is 0.00120. The first-order chi connectivity index (χ1) is 7.45. The lowest BCUT2D eigenvalue weighted by atomic mass is 10.0. The van der Waals surface area contributed by atoms with Crippen molar-refractivity contribution >= 4 is 46.4 Å². The Balaban J connectivity index is 3.20. The van der Waals surface area contributed by atoms with Gasteiger partial charge in [0.25, 0.3) is 0 Å². The third-order valence-electron chi connectivity index (χ3n) is 1.87. The number of carbonyl (C=O) groups excluding carboxylic acids is 2. The average Bonchev–Trinajstić information content (AvgIpc) is 2.26. The third-order valence-corrected chi connectivity index (χ3v) is 2.47. The zero-order valence-corrected chi connectivity index (χ0v) is 10.1. The molecule has 0 aliphatic heterocycles. The number of aliphatic hydroxyl groups is 1. The molecule has 0 radical (unpaired) electrons. The van der Waals surface area contributed by atoms with Crippen LogP contribution in [0.25, 0.3) is 0 Å². The van der Waals surface area contributed by atoms with Crippen LogP contribution < -0.4 is 0 Å². The second-order valence-electron chi connectivity index (χ2n) is 2.91. The number of hydrogen-bond donors (Lipinski definition) is 1. The van der Waals surface area contributed by atoms with Gasteiger partial charge in [0, 0.05) is 11.1 Å². The Bertz CT molecular complexity index is 377. The van der Waals surface area contributed by atoms with E-state index in [4.69, 9.17) is 39.9 Å². The maximum absolute atomic E-state index is 11.6. The smallest absolute Gasteiger partial charge is 0.207 e. The summed E-state index contributed by atoms with van der Waals surface area (Å²) in [6.45, 7) is 0. The van der Waals surface area contributed by atoms with Crippen molar-refractivity contribution in [3.63, 3.8) is 0 Å². The van der Waals surface area contributed by atoms with Crippen molar-refractivity contribution in [2.45, 2.75) is 10.4 Å². The molecular formula is C10H7Cl3O3. The Morgan fingerprint density at radius 3 is 1.81 bits per heavy atom. The summed E-state index contributed by atoms with van der Waals surface area (Å²) in [5.74, 6) is -1.37. The highest BCUT2D eigenvalue weighted by atomic mass is 35.5. The van der Waals surface area contributed by atoms with Crippen molar-refractivity contribution in [3.8, 4) is 0 Å². The Labute approximate surface area is 107 Å². The van der Waals surface area contributed by atoms with Gasteiger partial charge in [-0.25, -0.2) is 0 Å². The predicted molar refractivity (Wildman–Crippen MR) is 62.5 cm³/mol. The van der Waals surface area contributed by atoms with E-state index in [0.29, 0.717) is 0 Å². The SMILES string of the molecule is O=C(c1ccccc1C(=O)C(Cl)Cl)C(O)Cl. The molecule has 1 N–H and O–H groups in total. The largest absolute Gasteiger partial charge is 0.371 e. The first kappa shape index (κ1) is 13.5. The molecule has 0 bridgehead atoms. The monoisotopic (exact) mass is 280 g/mol. The number of hydrogen-bond acceptors (Lipinski definition) is 3. The summed E-state index contributed by atoms with van der Waals surface area (Å²) in [6.07, 6.45) is 0. The molecule has 1 atom stereocenters. The normalized spacial score (nSPS) is 12.6. The van der Waals surface area contributed by atoms with Crippen molar-refractivity contribution in [1.82, 2.24) is 0 Å². The van der Waals surface area contributed by atoms with E-state index in [9.17, 15) is 9.59 Å². The highest BCUT2D eigenvalue weighted by molar-refractivity contribution is 6.55. The number of rotatable bonds is 4. The summed E-state index contributed by atoms with van der Waals surface area (Å²) in [5, 5.41) is 8.96. The summed E-state index contributed by atoms with van der Waals surface area (Å²) in [6, 6.07) is 5.87. The molecule has 0 saturated heterocycles. The molecular weight excluding hydrogens is 274 g/mol. The maximum Gasteiger partial charge on any atom is 0.207 e. The second kappa shape index (κ2) is 5.64. The standard InChI is InChI=1S/C10H7Cl3O3/c11-9(12)7(14)5-3-1-2-4-6(5)8(15)10(13)16/h1-4,9-10,16H. The highest BCUT2D eigenvalue weighted by Gasteiger charge is 2.23. The van der Waals surface area contributed by atoms with Gasteiger partial charge in [0.1, 0.15) is 0 Å². The summed E-state index contributed by atoms with van der Waals surface area (Å²) in [4.78, 5) is 21.8. The van der Waals surface area contributed by atoms with Gasteiger partial charge >= 0.3 is 0 Å². The van der Waals surface area contributed by atoms with Crippen LogP contribution in [0, 0.1) is 0 Å². The Kier molecular flexibility index (Phi) is 4.74. The molecule has 0 amide bonds. The van der Waals surface area contributed by atoms with Crippen molar-refractivity contribution in [1.29, 1.82) is 0 Å². The summed E-state index contributed by atoms with van der Waals surface area (Å²) >= 11 is 16.1. The molecule has 0 heterocycles. The second-order valence-corrected chi connectivity index (χ2v) is 4.42. The molecule has 3 nitrogen and oxygen atoms in total. The number of Topliss-reactive ketones (excluding diaryl/α,β-unsaturated/α-hetero) is 2. The summed E-state index contributed by atoms with van der Waals surface area (Å²) in [7, 11) is 0. The van der Waals surface area contributed by atoms with E-state index in [2.05, 4.69) is 0 Å². The van der Waals surface area contributed by atoms with E-state index >= 15 is 0 Å². The molecule has 0 aliphatic carbocycles. The molecule has 0 spiro atoms. The van der Waals surface area contributed by atoms with Crippen LogP contribution in [-0.2, 0) is 0 Å². The number of halogens is 3. The molecule has 86 valence electrons. The Hall–Kier alpha value is -0.610. The van der Waals surface area contributed by atoms with Gasteiger partial charge in [-0.2, -0.15) is 0 Å². The number of alkyl halides is 3.